The SMILES string of the molecule is CCC(N)(CC)CNS(=O)(=O)c1ccc(F)cc1C(=O)OC.Cl. The summed E-state index contributed by atoms with van der Waals surface area (Å²) in [7, 11) is -2.92. The fourth-order valence-electron chi connectivity index (χ4n) is 1.82. The molecule has 0 unspecified atom stereocenters. The molecule has 0 bridgehead atoms. The largest absolute Gasteiger partial charge is 0.465 e. The smallest absolute Gasteiger partial charge is 0.339 e. The van der Waals surface area contributed by atoms with Crippen molar-refractivity contribution in [3.63, 3.8) is 0 Å². The summed E-state index contributed by atoms with van der Waals surface area (Å²) in [4.78, 5) is 11.3. The summed E-state index contributed by atoms with van der Waals surface area (Å²) in [6.07, 6.45) is 1.17. The lowest BCUT2D eigenvalue weighted by Crippen LogP contribution is -2.49. The molecular formula is C14H22ClFN2O4S. The molecule has 3 N–H and O–H groups in total. The Morgan fingerprint density at radius 3 is 2.39 bits per heavy atom. The lowest BCUT2D eigenvalue weighted by Gasteiger charge is -2.26. The lowest BCUT2D eigenvalue weighted by molar-refractivity contribution is 0.0595. The average molecular weight is 369 g/mol. The van der Waals surface area contributed by atoms with Crippen molar-refractivity contribution in [3.05, 3.63) is 29.6 Å². The second kappa shape index (κ2) is 8.58. The van der Waals surface area contributed by atoms with Crippen molar-refractivity contribution >= 4 is 28.4 Å². The molecule has 0 radical (unpaired) electrons. The number of hydrogen-bond donors (Lipinski definition) is 2. The summed E-state index contributed by atoms with van der Waals surface area (Å²) in [5.41, 5.74) is 5.01. The van der Waals surface area contributed by atoms with E-state index < -0.39 is 27.3 Å². The van der Waals surface area contributed by atoms with Crippen molar-refractivity contribution in [2.75, 3.05) is 13.7 Å². The molecule has 132 valence electrons. The second-order valence-corrected chi connectivity index (χ2v) is 6.76. The van der Waals surface area contributed by atoms with Crippen LogP contribution in [0.4, 0.5) is 4.39 Å². The molecule has 0 aliphatic carbocycles. The van der Waals surface area contributed by atoms with Crippen molar-refractivity contribution in [3.8, 4) is 0 Å². The molecule has 0 spiro atoms. The van der Waals surface area contributed by atoms with E-state index in [2.05, 4.69) is 9.46 Å². The Morgan fingerprint density at radius 2 is 1.91 bits per heavy atom. The number of hydrogen-bond acceptors (Lipinski definition) is 5. The van der Waals surface area contributed by atoms with Gasteiger partial charge in [0.2, 0.25) is 10.0 Å². The molecule has 0 aromatic heterocycles. The van der Waals surface area contributed by atoms with Crippen LogP contribution in [0.15, 0.2) is 23.1 Å². The van der Waals surface area contributed by atoms with Crippen molar-refractivity contribution in [1.82, 2.24) is 4.72 Å². The Bertz CT molecular complexity index is 648. The second-order valence-electron chi connectivity index (χ2n) is 5.03. The summed E-state index contributed by atoms with van der Waals surface area (Å²) in [6.45, 7) is 3.73. The molecule has 9 heteroatoms. The Morgan fingerprint density at radius 1 is 1.35 bits per heavy atom. The number of rotatable bonds is 7. The van der Waals surface area contributed by atoms with Crippen LogP contribution in [0.5, 0.6) is 0 Å². The Kier molecular flexibility index (Phi) is 8.13. The zero-order valence-corrected chi connectivity index (χ0v) is 14.9. The number of carbonyl (C=O) groups is 1. The monoisotopic (exact) mass is 368 g/mol. The third-order valence-corrected chi connectivity index (χ3v) is 5.12. The van der Waals surface area contributed by atoms with Crippen LogP contribution in [-0.4, -0.2) is 33.6 Å². The summed E-state index contributed by atoms with van der Waals surface area (Å²) < 4.78 is 44.9. The molecule has 6 nitrogen and oxygen atoms in total. The van der Waals surface area contributed by atoms with Gasteiger partial charge in [-0.05, 0) is 31.0 Å². The third-order valence-electron chi connectivity index (χ3n) is 3.66. The number of methoxy groups -OCH3 is 1. The Hall–Kier alpha value is -1.22. The van der Waals surface area contributed by atoms with Crippen LogP contribution in [0, 0.1) is 5.82 Å². The van der Waals surface area contributed by atoms with E-state index in [1.165, 1.54) is 0 Å². The highest BCUT2D eigenvalue weighted by Crippen LogP contribution is 2.19. The van der Waals surface area contributed by atoms with Gasteiger partial charge in [0.05, 0.1) is 17.6 Å². The Balaban J connectivity index is 0.00000484. The fraction of sp³-hybridized carbons (Fsp3) is 0.500. The van der Waals surface area contributed by atoms with E-state index in [4.69, 9.17) is 5.73 Å². The van der Waals surface area contributed by atoms with Crippen molar-refractivity contribution < 1.29 is 22.3 Å². The van der Waals surface area contributed by atoms with Crippen molar-refractivity contribution in [2.45, 2.75) is 37.1 Å². The highest BCUT2D eigenvalue weighted by molar-refractivity contribution is 7.89. The molecule has 0 saturated heterocycles. The molecule has 0 saturated carbocycles. The topological polar surface area (TPSA) is 98.5 Å². The van der Waals surface area contributed by atoms with Gasteiger partial charge in [-0.15, -0.1) is 12.4 Å². The lowest BCUT2D eigenvalue weighted by atomic mass is 9.95. The summed E-state index contributed by atoms with van der Waals surface area (Å²) in [5.74, 6) is -1.65. The van der Waals surface area contributed by atoms with Gasteiger partial charge < -0.3 is 10.5 Å². The van der Waals surface area contributed by atoms with Gasteiger partial charge in [0.1, 0.15) is 5.82 Å². The molecule has 1 rings (SSSR count). The predicted molar refractivity (Wildman–Crippen MR) is 87.7 cm³/mol. The van der Waals surface area contributed by atoms with Gasteiger partial charge in [-0.2, -0.15) is 0 Å². The molecule has 0 aliphatic heterocycles. The molecule has 0 atom stereocenters. The Labute approximate surface area is 142 Å². The van der Waals surface area contributed by atoms with Gasteiger partial charge >= 0.3 is 5.97 Å². The first kappa shape index (κ1) is 21.8. The minimum absolute atomic E-state index is 0. The maximum atomic E-state index is 13.3. The zero-order valence-electron chi connectivity index (χ0n) is 13.3. The van der Waals surface area contributed by atoms with E-state index >= 15 is 0 Å². The molecule has 0 heterocycles. The van der Waals surface area contributed by atoms with E-state index in [1.54, 1.807) is 0 Å². The first-order valence-electron chi connectivity index (χ1n) is 6.85. The first-order valence-corrected chi connectivity index (χ1v) is 8.34. The maximum absolute atomic E-state index is 13.3. The third kappa shape index (κ3) is 5.42. The molecule has 0 aliphatic rings. The van der Waals surface area contributed by atoms with E-state index in [0.717, 1.165) is 25.3 Å². The van der Waals surface area contributed by atoms with Gasteiger partial charge in [-0.25, -0.2) is 22.3 Å². The number of ether oxygens (including phenoxy) is 1. The predicted octanol–water partition coefficient (Wildman–Crippen LogP) is 1.83. The fourth-order valence-corrected chi connectivity index (χ4v) is 3.13. The summed E-state index contributed by atoms with van der Waals surface area (Å²) >= 11 is 0. The first-order chi connectivity index (χ1) is 10.2. The molecule has 1 aromatic carbocycles. The number of sulfonamides is 1. The van der Waals surface area contributed by atoms with Crippen molar-refractivity contribution in [2.24, 2.45) is 5.73 Å². The van der Waals surface area contributed by atoms with E-state index in [0.29, 0.717) is 12.8 Å². The standard InChI is InChI=1S/C14H21FN2O4S.ClH/c1-4-14(16,5-2)9-17-22(19,20)12-7-6-10(15)8-11(12)13(18)21-3;/h6-8,17H,4-5,9,16H2,1-3H3;1H. The quantitative estimate of drug-likeness (QED) is 0.715. The summed E-state index contributed by atoms with van der Waals surface area (Å²) in [5, 5.41) is 0. The van der Waals surface area contributed by atoms with Crippen LogP contribution in [0.2, 0.25) is 0 Å². The van der Waals surface area contributed by atoms with Crippen molar-refractivity contribution in [1.29, 1.82) is 0 Å². The summed E-state index contributed by atoms with van der Waals surface area (Å²) in [6, 6.07) is 2.83. The number of nitrogens with two attached hydrogens (primary N) is 1. The molecular weight excluding hydrogens is 347 g/mol. The van der Waals surface area contributed by atoms with Gasteiger partial charge in [0, 0.05) is 12.1 Å². The average Bonchev–Trinajstić information content (AvgIpc) is 2.51. The number of carbonyl (C=O) groups excluding carboxylic acids is 1. The molecule has 0 fully saturated rings. The van der Waals surface area contributed by atoms with Crippen LogP contribution in [0.25, 0.3) is 0 Å². The van der Waals surface area contributed by atoms with Gasteiger partial charge in [-0.3, -0.25) is 0 Å². The van der Waals surface area contributed by atoms with Crippen LogP contribution >= 0.6 is 12.4 Å². The highest BCUT2D eigenvalue weighted by atomic mass is 35.5. The normalized spacial score (nSPS) is 11.7. The van der Waals surface area contributed by atoms with Crippen LogP contribution in [0.3, 0.4) is 0 Å². The van der Waals surface area contributed by atoms with Gasteiger partial charge in [0.25, 0.3) is 0 Å². The highest BCUT2D eigenvalue weighted by Gasteiger charge is 2.27. The molecule has 0 amide bonds. The zero-order chi connectivity index (χ0) is 17.0. The van der Waals surface area contributed by atoms with Crippen LogP contribution < -0.4 is 10.5 Å². The maximum Gasteiger partial charge on any atom is 0.339 e. The number of halogens is 2. The van der Waals surface area contributed by atoms with Gasteiger partial charge in [0.15, 0.2) is 0 Å². The van der Waals surface area contributed by atoms with Gasteiger partial charge in [-0.1, -0.05) is 13.8 Å². The number of esters is 1. The van der Waals surface area contributed by atoms with E-state index in [-0.39, 0.29) is 29.4 Å². The number of benzene rings is 1. The van der Waals surface area contributed by atoms with Crippen LogP contribution in [-0.2, 0) is 14.8 Å². The molecule has 23 heavy (non-hydrogen) atoms. The van der Waals surface area contributed by atoms with Crippen LogP contribution in [0.1, 0.15) is 37.0 Å². The number of nitrogens with one attached hydrogen (secondary N) is 1. The minimum Gasteiger partial charge on any atom is -0.465 e. The van der Waals surface area contributed by atoms with E-state index in [9.17, 15) is 17.6 Å². The van der Waals surface area contributed by atoms with E-state index in [1.807, 2.05) is 13.8 Å². The molecule has 1 aromatic rings. The minimum atomic E-state index is -4.01.